The molecule has 1 rings (SSSR count). The van der Waals surface area contributed by atoms with Crippen LogP contribution in [0.4, 0.5) is 0 Å². The second kappa shape index (κ2) is 4.47. The Balaban J connectivity index is 2.77. The Morgan fingerprint density at radius 1 is 1.31 bits per heavy atom. The molecule has 0 aromatic heterocycles. The molecule has 0 saturated carbocycles. The summed E-state index contributed by atoms with van der Waals surface area (Å²) in [4.78, 5) is 3.83. The lowest BCUT2D eigenvalue weighted by atomic mass is 10.2. The van der Waals surface area contributed by atoms with Gasteiger partial charge >= 0.3 is 0 Å². The quantitative estimate of drug-likeness (QED) is 0.595. The molecule has 4 heteroatoms. The number of aliphatic hydroxyl groups excluding tert-OH is 1. The number of hydrogen-bond acceptors (Lipinski definition) is 4. The summed E-state index contributed by atoms with van der Waals surface area (Å²) in [5.41, 5.74) is 0.520. The monoisotopic (exact) mass is 181 g/mol. The van der Waals surface area contributed by atoms with Crippen molar-refractivity contribution in [3.8, 4) is 11.5 Å². The average molecular weight is 181 g/mol. The van der Waals surface area contributed by atoms with E-state index in [1.807, 2.05) is 0 Å². The van der Waals surface area contributed by atoms with E-state index in [-0.39, 0.29) is 18.1 Å². The van der Waals surface area contributed by atoms with Gasteiger partial charge in [0.15, 0.2) is 0 Å². The van der Waals surface area contributed by atoms with Crippen molar-refractivity contribution in [3.63, 3.8) is 0 Å². The van der Waals surface area contributed by atoms with Gasteiger partial charge in [0.2, 0.25) is 0 Å². The van der Waals surface area contributed by atoms with Gasteiger partial charge in [-0.05, 0) is 12.1 Å². The molecule has 0 unspecified atom stereocenters. The number of phenols is 2. The molecule has 13 heavy (non-hydrogen) atoms. The van der Waals surface area contributed by atoms with Gasteiger partial charge in [-0.3, -0.25) is 4.99 Å². The van der Waals surface area contributed by atoms with Crippen LogP contribution in [0.15, 0.2) is 23.2 Å². The Hall–Kier alpha value is -1.55. The number of rotatable bonds is 3. The van der Waals surface area contributed by atoms with Gasteiger partial charge in [-0.1, -0.05) is 0 Å². The number of hydrogen-bond donors (Lipinski definition) is 3. The van der Waals surface area contributed by atoms with Crippen molar-refractivity contribution < 1.29 is 15.3 Å². The Labute approximate surface area is 75.8 Å². The fraction of sp³-hybridized carbons (Fsp3) is 0.222. The third-order valence-corrected chi connectivity index (χ3v) is 1.47. The molecule has 3 N–H and O–H groups in total. The lowest BCUT2D eigenvalue weighted by molar-refractivity contribution is 0.307. The van der Waals surface area contributed by atoms with E-state index >= 15 is 0 Å². The highest BCUT2D eigenvalue weighted by atomic mass is 16.3. The number of phenolic OH excluding ortho intramolecular Hbond substituents is 2. The second-order valence-corrected chi connectivity index (χ2v) is 2.50. The van der Waals surface area contributed by atoms with E-state index in [1.165, 1.54) is 18.3 Å². The van der Waals surface area contributed by atoms with Crippen LogP contribution in [0.3, 0.4) is 0 Å². The van der Waals surface area contributed by atoms with E-state index in [1.54, 1.807) is 6.07 Å². The zero-order chi connectivity index (χ0) is 9.68. The van der Waals surface area contributed by atoms with Crippen molar-refractivity contribution in [3.05, 3.63) is 23.8 Å². The van der Waals surface area contributed by atoms with E-state index in [4.69, 9.17) is 10.2 Å². The average Bonchev–Trinajstić information content (AvgIpc) is 2.09. The number of nitrogens with zero attached hydrogens (tertiary/aromatic N) is 1. The van der Waals surface area contributed by atoms with E-state index in [0.717, 1.165) is 0 Å². The third-order valence-electron chi connectivity index (χ3n) is 1.47. The Morgan fingerprint density at radius 3 is 2.69 bits per heavy atom. The standard InChI is InChI=1S/C9H11NO3/c11-4-3-10-6-7-1-2-8(12)5-9(7)13/h1-2,5-6,11-13H,3-4H2/b10-6+. The van der Waals surface area contributed by atoms with Crippen molar-refractivity contribution in [1.82, 2.24) is 0 Å². The molecule has 0 atom stereocenters. The SMILES string of the molecule is OCC/N=C/c1ccc(O)cc1O. The van der Waals surface area contributed by atoms with Crippen LogP contribution in [-0.4, -0.2) is 34.7 Å². The van der Waals surface area contributed by atoms with Crippen molar-refractivity contribution in [2.24, 2.45) is 4.99 Å². The summed E-state index contributed by atoms with van der Waals surface area (Å²) in [6.07, 6.45) is 1.45. The Morgan fingerprint density at radius 2 is 2.08 bits per heavy atom. The zero-order valence-electron chi connectivity index (χ0n) is 7.01. The van der Waals surface area contributed by atoms with E-state index in [2.05, 4.69) is 4.99 Å². The van der Waals surface area contributed by atoms with Crippen molar-refractivity contribution in [2.45, 2.75) is 0 Å². The summed E-state index contributed by atoms with van der Waals surface area (Å²) in [7, 11) is 0. The predicted octanol–water partition coefficient (Wildman–Crippen LogP) is 0.509. The molecule has 0 aliphatic rings. The fourth-order valence-corrected chi connectivity index (χ4v) is 0.862. The van der Waals surface area contributed by atoms with Gasteiger partial charge in [0, 0.05) is 17.8 Å². The second-order valence-electron chi connectivity index (χ2n) is 2.50. The van der Waals surface area contributed by atoms with Gasteiger partial charge in [-0.25, -0.2) is 0 Å². The number of aromatic hydroxyl groups is 2. The van der Waals surface area contributed by atoms with Gasteiger partial charge in [0.1, 0.15) is 11.5 Å². The molecule has 0 spiro atoms. The zero-order valence-corrected chi connectivity index (χ0v) is 7.01. The van der Waals surface area contributed by atoms with Gasteiger partial charge in [-0.15, -0.1) is 0 Å². The molecular weight excluding hydrogens is 170 g/mol. The van der Waals surface area contributed by atoms with Crippen molar-refractivity contribution >= 4 is 6.21 Å². The van der Waals surface area contributed by atoms with E-state index in [9.17, 15) is 5.11 Å². The van der Waals surface area contributed by atoms with E-state index < -0.39 is 0 Å². The maximum Gasteiger partial charge on any atom is 0.128 e. The molecule has 1 aromatic rings. The number of aliphatic hydroxyl groups is 1. The first-order valence-electron chi connectivity index (χ1n) is 3.86. The summed E-state index contributed by atoms with van der Waals surface area (Å²) in [5, 5.41) is 26.7. The van der Waals surface area contributed by atoms with Gasteiger partial charge in [-0.2, -0.15) is 0 Å². The van der Waals surface area contributed by atoms with Gasteiger partial charge in [0.25, 0.3) is 0 Å². The summed E-state index contributed by atoms with van der Waals surface area (Å²) in [5.74, 6) is -0.0153. The minimum Gasteiger partial charge on any atom is -0.508 e. The van der Waals surface area contributed by atoms with Crippen LogP contribution in [0, 0.1) is 0 Å². The molecule has 0 bridgehead atoms. The lowest BCUT2D eigenvalue weighted by Gasteiger charge is -1.98. The maximum atomic E-state index is 9.28. The first kappa shape index (κ1) is 9.54. The van der Waals surface area contributed by atoms with Gasteiger partial charge in [0.05, 0.1) is 13.2 Å². The largest absolute Gasteiger partial charge is 0.508 e. The first-order valence-corrected chi connectivity index (χ1v) is 3.86. The topological polar surface area (TPSA) is 73.1 Å². The molecular formula is C9H11NO3. The number of benzene rings is 1. The van der Waals surface area contributed by atoms with Gasteiger partial charge < -0.3 is 15.3 Å². The molecule has 0 amide bonds. The summed E-state index contributed by atoms with van der Waals surface area (Å²) >= 11 is 0. The minimum absolute atomic E-state index is 0.0109. The van der Waals surface area contributed by atoms with Crippen LogP contribution >= 0.6 is 0 Å². The predicted molar refractivity (Wildman–Crippen MR) is 49.3 cm³/mol. The molecule has 0 heterocycles. The van der Waals surface area contributed by atoms with E-state index in [0.29, 0.717) is 12.1 Å². The normalized spacial score (nSPS) is 10.8. The molecule has 0 radical (unpaired) electrons. The maximum absolute atomic E-state index is 9.28. The fourth-order valence-electron chi connectivity index (χ4n) is 0.862. The number of aliphatic imine (C=N–C) groups is 1. The highest BCUT2D eigenvalue weighted by Crippen LogP contribution is 2.20. The Bertz CT molecular complexity index is 310. The van der Waals surface area contributed by atoms with Crippen LogP contribution in [-0.2, 0) is 0 Å². The smallest absolute Gasteiger partial charge is 0.128 e. The molecule has 0 aliphatic heterocycles. The molecule has 4 nitrogen and oxygen atoms in total. The highest BCUT2D eigenvalue weighted by Gasteiger charge is 1.97. The first-order chi connectivity index (χ1) is 6.24. The highest BCUT2D eigenvalue weighted by molar-refractivity contribution is 5.83. The van der Waals surface area contributed by atoms with Crippen LogP contribution < -0.4 is 0 Å². The van der Waals surface area contributed by atoms with Crippen molar-refractivity contribution in [1.29, 1.82) is 0 Å². The van der Waals surface area contributed by atoms with Crippen molar-refractivity contribution in [2.75, 3.05) is 13.2 Å². The lowest BCUT2D eigenvalue weighted by Crippen LogP contribution is -1.89. The molecule has 1 aromatic carbocycles. The molecule has 0 fully saturated rings. The molecule has 0 saturated heterocycles. The van der Waals surface area contributed by atoms with Crippen LogP contribution in [0.1, 0.15) is 5.56 Å². The third kappa shape index (κ3) is 2.76. The van der Waals surface area contributed by atoms with Crippen LogP contribution in [0.25, 0.3) is 0 Å². The summed E-state index contributed by atoms with van der Waals surface area (Å²) < 4.78 is 0. The van der Waals surface area contributed by atoms with Crippen LogP contribution in [0.2, 0.25) is 0 Å². The Kier molecular flexibility index (Phi) is 3.28. The molecule has 0 aliphatic carbocycles. The minimum atomic E-state index is -0.0262. The summed E-state index contributed by atoms with van der Waals surface area (Å²) in [6.45, 7) is 0.287. The van der Waals surface area contributed by atoms with Crippen LogP contribution in [0.5, 0.6) is 11.5 Å². The molecule has 70 valence electrons. The summed E-state index contributed by atoms with van der Waals surface area (Å²) in [6, 6.07) is 4.24.